The topological polar surface area (TPSA) is 127 Å². The van der Waals surface area contributed by atoms with Crippen molar-refractivity contribution in [3.05, 3.63) is 74.9 Å². The van der Waals surface area contributed by atoms with E-state index in [1.807, 2.05) is 0 Å². The fourth-order valence-corrected chi connectivity index (χ4v) is 6.58. The van der Waals surface area contributed by atoms with E-state index in [2.05, 4.69) is 20.6 Å². The highest BCUT2D eigenvalue weighted by atomic mass is 35.5. The minimum absolute atomic E-state index is 0. The van der Waals surface area contributed by atoms with Crippen LogP contribution in [-0.2, 0) is 15.8 Å². The molecule has 5 rings (SSSR count). The van der Waals surface area contributed by atoms with Crippen LogP contribution in [0.2, 0.25) is 5.02 Å². The van der Waals surface area contributed by atoms with Crippen molar-refractivity contribution in [1.82, 2.24) is 19.9 Å². The highest BCUT2D eigenvalue weighted by Gasteiger charge is 2.27. The van der Waals surface area contributed by atoms with E-state index in [4.69, 9.17) is 16.3 Å². The lowest BCUT2D eigenvalue weighted by Crippen LogP contribution is -2.44. The number of hydrogen-bond donors (Lipinski definition) is 3. The van der Waals surface area contributed by atoms with Gasteiger partial charge in [0.2, 0.25) is 16.0 Å². The van der Waals surface area contributed by atoms with Crippen molar-refractivity contribution in [2.75, 3.05) is 30.2 Å². The van der Waals surface area contributed by atoms with Gasteiger partial charge in [-0.05, 0) is 44.2 Å². The maximum Gasteiger partial charge on any atom is 0.260 e. The number of pyridine rings is 1. The third kappa shape index (κ3) is 7.32. The largest absolute Gasteiger partial charge is 0.496 e. The van der Waals surface area contributed by atoms with Crippen molar-refractivity contribution in [3.8, 4) is 16.9 Å². The van der Waals surface area contributed by atoms with Crippen LogP contribution in [0.4, 0.5) is 29.2 Å². The molecule has 0 aliphatic carbocycles. The molecule has 0 spiro atoms. The van der Waals surface area contributed by atoms with Gasteiger partial charge in [-0.15, -0.1) is 12.4 Å². The third-order valence-electron chi connectivity index (χ3n) is 7.21. The van der Waals surface area contributed by atoms with Gasteiger partial charge < -0.3 is 15.4 Å². The monoisotopic (exact) mass is 704 g/mol. The second-order valence-electron chi connectivity index (χ2n) is 10.9. The quantitative estimate of drug-likeness (QED) is 0.152. The molecular formula is C29H30Cl2F4N6O4S. The summed E-state index contributed by atoms with van der Waals surface area (Å²) in [7, 11) is -3.19. The smallest absolute Gasteiger partial charge is 0.260 e. The van der Waals surface area contributed by atoms with Crippen molar-refractivity contribution in [2.45, 2.75) is 44.3 Å². The highest BCUT2D eigenvalue weighted by molar-refractivity contribution is 7.91. The van der Waals surface area contributed by atoms with Crippen LogP contribution in [0.1, 0.15) is 31.9 Å². The SMILES string of the molecule is COc1ccc(Cl)cc1CS(=O)(=O)Nc1c(F)cc(-c2cc3cnc(N[C@@H]4CNC[C@@H](F)C4)nc3n(C(C)C)c2=O)c(F)c1F.Cl. The van der Waals surface area contributed by atoms with Gasteiger partial charge in [-0.2, -0.15) is 4.98 Å². The third-order valence-corrected chi connectivity index (χ3v) is 8.66. The molecular weight excluding hydrogens is 675 g/mol. The van der Waals surface area contributed by atoms with Gasteiger partial charge in [-0.25, -0.2) is 31.0 Å². The molecule has 0 radical (unpaired) electrons. The first-order chi connectivity index (χ1) is 21.3. The Balaban J connectivity index is 0.00000480. The molecule has 0 saturated carbocycles. The van der Waals surface area contributed by atoms with Crippen LogP contribution < -0.4 is 25.7 Å². The van der Waals surface area contributed by atoms with Gasteiger partial charge in [-0.3, -0.25) is 14.1 Å². The number of fused-ring (bicyclic) bond motifs is 1. The van der Waals surface area contributed by atoms with Crippen LogP contribution in [0.15, 0.2) is 41.3 Å². The molecule has 1 fully saturated rings. The number of piperidine rings is 1. The lowest BCUT2D eigenvalue weighted by molar-refractivity contribution is 0.254. The number of nitrogens with one attached hydrogen (secondary N) is 3. The minimum atomic E-state index is -4.50. The number of hydrogen-bond acceptors (Lipinski definition) is 8. The van der Waals surface area contributed by atoms with E-state index in [9.17, 15) is 17.6 Å². The van der Waals surface area contributed by atoms with Crippen LogP contribution in [0.5, 0.6) is 5.75 Å². The van der Waals surface area contributed by atoms with Gasteiger partial charge in [0.25, 0.3) is 5.56 Å². The van der Waals surface area contributed by atoms with E-state index in [1.54, 1.807) is 18.6 Å². The Labute approximate surface area is 273 Å². The summed E-state index contributed by atoms with van der Waals surface area (Å²) < 4.78 is 93.8. The fraction of sp³-hybridized carbons (Fsp3) is 0.345. The highest BCUT2D eigenvalue weighted by Crippen LogP contribution is 2.33. The van der Waals surface area contributed by atoms with Crippen molar-refractivity contribution in [3.63, 3.8) is 0 Å². The molecule has 2 atom stereocenters. The van der Waals surface area contributed by atoms with E-state index < -0.39 is 67.8 Å². The van der Waals surface area contributed by atoms with Crippen LogP contribution in [-0.4, -0.2) is 55.4 Å². The summed E-state index contributed by atoms with van der Waals surface area (Å²) in [6, 6.07) is 5.13. The normalized spacial score (nSPS) is 16.7. The Bertz CT molecular complexity index is 1950. The number of benzene rings is 2. The number of methoxy groups -OCH3 is 1. The van der Waals surface area contributed by atoms with Crippen LogP contribution in [0, 0.1) is 17.5 Å². The molecule has 17 heteroatoms. The number of sulfonamides is 1. The van der Waals surface area contributed by atoms with E-state index in [-0.39, 0.29) is 64.7 Å². The van der Waals surface area contributed by atoms with Crippen molar-refractivity contribution in [2.24, 2.45) is 0 Å². The molecule has 0 amide bonds. The van der Waals surface area contributed by atoms with Gasteiger partial charge in [0.15, 0.2) is 17.5 Å². The van der Waals surface area contributed by atoms with Crippen molar-refractivity contribution < 1.29 is 30.7 Å². The van der Waals surface area contributed by atoms with Crippen LogP contribution >= 0.6 is 24.0 Å². The maximum atomic E-state index is 15.5. The number of nitrogens with zero attached hydrogens (tertiary/aromatic N) is 3. The molecule has 2 aromatic heterocycles. The second-order valence-corrected chi connectivity index (χ2v) is 13.0. The summed E-state index contributed by atoms with van der Waals surface area (Å²) in [6.45, 7) is 4.07. The number of rotatable bonds is 9. The average Bonchev–Trinajstić information content (AvgIpc) is 2.97. The molecule has 1 aliphatic rings. The number of ether oxygens (including phenoxy) is 1. The van der Waals surface area contributed by atoms with Gasteiger partial charge in [-0.1, -0.05) is 11.6 Å². The van der Waals surface area contributed by atoms with E-state index in [0.29, 0.717) is 12.6 Å². The Morgan fingerprint density at radius 1 is 1.13 bits per heavy atom. The van der Waals surface area contributed by atoms with Crippen LogP contribution in [0.3, 0.4) is 0 Å². The first kappa shape index (κ1) is 35.2. The molecule has 2 aromatic carbocycles. The standard InChI is InChI=1S/C29H29ClF4N6O4S.ClH/c1-14(2)40-27-15(10-36-29(38-27)37-19-8-18(31)11-35-12-19)7-21(28(40)41)20-9-22(32)26(25(34)24(20)33)39-45(42,43)13-16-6-17(30)4-5-23(16)44-3;/h4-7,9-10,14,18-19,35,39H,8,11-13H2,1-3H3,(H,36,37,38);1H/t18-,19-;/m0./s1. The summed E-state index contributed by atoms with van der Waals surface area (Å²) >= 11 is 5.95. The second kappa shape index (κ2) is 14.0. The summed E-state index contributed by atoms with van der Waals surface area (Å²) in [5.41, 5.74) is -2.92. The number of halogens is 6. The van der Waals surface area contributed by atoms with E-state index in [0.717, 1.165) is 0 Å². The minimum Gasteiger partial charge on any atom is -0.496 e. The first-order valence-electron chi connectivity index (χ1n) is 13.8. The van der Waals surface area contributed by atoms with Crippen molar-refractivity contribution >= 4 is 56.7 Å². The van der Waals surface area contributed by atoms with E-state index in [1.165, 1.54) is 42.1 Å². The van der Waals surface area contributed by atoms with E-state index >= 15 is 13.2 Å². The van der Waals surface area contributed by atoms with Gasteiger partial charge >= 0.3 is 0 Å². The lowest BCUT2D eigenvalue weighted by atomic mass is 10.0. The fourth-order valence-electron chi connectivity index (χ4n) is 5.18. The molecule has 10 nitrogen and oxygen atoms in total. The molecule has 3 heterocycles. The molecule has 0 bridgehead atoms. The van der Waals surface area contributed by atoms with Crippen molar-refractivity contribution in [1.29, 1.82) is 0 Å². The summed E-state index contributed by atoms with van der Waals surface area (Å²) in [5, 5.41) is 6.46. The first-order valence-corrected chi connectivity index (χ1v) is 15.8. The van der Waals surface area contributed by atoms with Gasteiger partial charge in [0.1, 0.15) is 23.3 Å². The average molecular weight is 706 g/mol. The molecule has 0 unspecified atom stereocenters. The molecule has 1 aliphatic heterocycles. The van der Waals surface area contributed by atoms with Gasteiger partial charge in [0.05, 0.1) is 18.4 Å². The van der Waals surface area contributed by atoms with Crippen LogP contribution in [0.25, 0.3) is 22.2 Å². The summed E-state index contributed by atoms with van der Waals surface area (Å²) in [5.74, 6) is -5.43. The number of anilines is 2. The molecule has 4 aromatic rings. The molecule has 3 N–H and O–H groups in total. The molecule has 1 saturated heterocycles. The zero-order valence-corrected chi connectivity index (χ0v) is 27.1. The Morgan fingerprint density at radius 3 is 2.54 bits per heavy atom. The molecule has 46 heavy (non-hydrogen) atoms. The predicted molar refractivity (Wildman–Crippen MR) is 171 cm³/mol. The number of aromatic nitrogens is 3. The Kier molecular flexibility index (Phi) is 10.7. The zero-order chi connectivity index (χ0) is 32.6. The summed E-state index contributed by atoms with van der Waals surface area (Å²) in [4.78, 5) is 22.3. The zero-order valence-electron chi connectivity index (χ0n) is 24.7. The Hall–Kier alpha value is -3.66. The summed E-state index contributed by atoms with van der Waals surface area (Å²) in [6.07, 6.45) is 0.547. The maximum absolute atomic E-state index is 15.5. The number of alkyl halides is 1. The lowest BCUT2D eigenvalue weighted by Gasteiger charge is -2.26. The predicted octanol–water partition coefficient (Wildman–Crippen LogP) is 5.59. The Morgan fingerprint density at radius 2 is 1.87 bits per heavy atom. The molecule has 248 valence electrons. The van der Waals surface area contributed by atoms with Gasteiger partial charge in [0, 0.05) is 59.3 Å².